The summed E-state index contributed by atoms with van der Waals surface area (Å²) in [6, 6.07) is 21.6. The van der Waals surface area contributed by atoms with Crippen LogP contribution >= 0.6 is 0 Å². The number of nitriles is 2. The highest BCUT2D eigenvalue weighted by molar-refractivity contribution is 6.14. The number of carbonyl (C=O) groups is 2. The molecule has 2 aromatic rings. The Balaban J connectivity index is 2.41. The molecule has 7 heteroatoms. The topological polar surface area (TPSA) is 113 Å². The van der Waals surface area contributed by atoms with E-state index < -0.39 is 17.4 Å². The second kappa shape index (κ2) is 10.2. The van der Waals surface area contributed by atoms with Crippen molar-refractivity contribution in [3.63, 3.8) is 0 Å². The van der Waals surface area contributed by atoms with Crippen molar-refractivity contribution in [2.45, 2.75) is 13.8 Å². The molecular formula is C26H21N3O4. The van der Waals surface area contributed by atoms with Gasteiger partial charge < -0.3 is 9.47 Å². The molecule has 164 valence electrons. The third-order valence-corrected chi connectivity index (χ3v) is 4.97. The lowest BCUT2D eigenvalue weighted by atomic mass is 9.76. The van der Waals surface area contributed by atoms with E-state index in [1.807, 2.05) is 42.5 Å². The van der Waals surface area contributed by atoms with Crippen LogP contribution in [0.4, 0.5) is 0 Å². The van der Waals surface area contributed by atoms with Crippen molar-refractivity contribution in [3.8, 4) is 12.1 Å². The van der Waals surface area contributed by atoms with Gasteiger partial charge in [0.2, 0.25) is 5.41 Å². The summed E-state index contributed by atoms with van der Waals surface area (Å²) >= 11 is 0. The molecule has 0 heterocycles. The molecule has 2 aromatic carbocycles. The monoisotopic (exact) mass is 439 g/mol. The van der Waals surface area contributed by atoms with Gasteiger partial charge in [-0.15, -0.1) is 0 Å². The maximum Gasteiger partial charge on any atom is 0.341 e. The standard InChI is InChI=1S/C26H21N3O4/c1-3-32-24(30)20-22(25(31)33-4-2)26(16-27,17-28)21(19-13-9-6-10-14-19)23(20)29-15-18-11-7-5-8-12-18/h5-15H,3-4H2,1-2H3. The van der Waals surface area contributed by atoms with Crippen molar-refractivity contribution in [2.75, 3.05) is 13.2 Å². The zero-order valence-electron chi connectivity index (χ0n) is 18.2. The van der Waals surface area contributed by atoms with Crippen LogP contribution in [-0.2, 0) is 19.1 Å². The van der Waals surface area contributed by atoms with Crippen molar-refractivity contribution < 1.29 is 19.1 Å². The summed E-state index contributed by atoms with van der Waals surface area (Å²) in [5.74, 6) is -1.80. The van der Waals surface area contributed by atoms with Crippen LogP contribution in [0.1, 0.15) is 25.0 Å². The first-order valence-corrected chi connectivity index (χ1v) is 10.3. The Morgan fingerprint density at radius 3 is 2.00 bits per heavy atom. The molecule has 33 heavy (non-hydrogen) atoms. The largest absolute Gasteiger partial charge is 0.463 e. The first-order chi connectivity index (χ1) is 16.0. The Morgan fingerprint density at radius 2 is 1.45 bits per heavy atom. The van der Waals surface area contributed by atoms with E-state index in [0.717, 1.165) is 5.56 Å². The zero-order chi connectivity index (χ0) is 23.8. The molecule has 1 aliphatic carbocycles. The third-order valence-electron chi connectivity index (χ3n) is 4.97. The molecule has 0 saturated heterocycles. The van der Waals surface area contributed by atoms with E-state index in [4.69, 9.17) is 9.47 Å². The van der Waals surface area contributed by atoms with E-state index in [-0.39, 0.29) is 35.6 Å². The molecular weight excluding hydrogens is 418 g/mol. The summed E-state index contributed by atoms with van der Waals surface area (Å²) < 4.78 is 10.4. The molecule has 0 aliphatic heterocycles. The number of nitrogens with zero attached hydrogens (tertiary/aromatic N) is 3. The first kappa shape index (κ1) is 23.2. The van der Waals surface area contributed by atoms with E-state index in [2.05, 4.69) is 4.99 Å². The summed E-state index contributed by atoms with van der Waals surface area (Å²) in [5, 5.41) is 20.4. The van der Waals surface area contributed by atoms with Crippen LogP contribution in [-0.4, -0.2) is 31.4 Å². The number of rotatable bonds is 7. The molecule has 0 aromatic heterocycles. The molecule has 7 nitrogen and oxygen atoms in total. The molecule has 0 bridgehead atoms. The minimum absolute atomic E-state index is 0.00529. The lowest BCUT2D eigenvalue weighted by Gasteiger charge is -2.20. The van der Waals surface area contributed by atoms with Gasteiger partial charge in [-0.05, 0) is 25.0 Å². The van der Waals surface area contributed by atoms with Gasteiger partial charge in [0.05, 0.1) is 42.2 Å². The van der Waals surface area contributed by atoms with Crippen LogP contribution in [0.3, 0.4) is 0 Å². The average Bonchev–Trinajstić information content (AvgIpc) is 3.15. The molecule has 1 aliphatic rings. The Morgan fingerprint density at radius 1 is 0.909 bits per heavy atom. The Hall–Kier alpha value is -4.49. The van der Waals surface area contributed by atoms with Crippen molar-refractivity contribution in [3.05, 3.63) is 88.6 Å². The molecule has 0 N–H and O–H groups in total. The van der Waals surface area contributed by atoms with Crippen molar-refractivity contribution in [2.24, 2.45) is 10.4 Å². The minimum Gasteiger partial charge on any atom is -0.463 e. The summed E-state index contributed by atoms with van der Waals surface area (Å²) in [7, 11) is 0. The van der Waals surface area contributed by atoms with E-state index in [0.29, 0.717) is 5.56 Å². The third kappa shape index (κ3) is 4.30. The van der Waals surface area contributed by atoms with Gasteiger partial charge in [-0.2, -0.15) is 10.5 Å². The van der Waals surface area contributed by atoms with Crippen LogP contribution in [0, 0.1) is 28.1 Å². The predicted octanol–water partition coefficient (Wildman–Crippen LogP) is 3.99. The van der Waals surface area contributed by atoms with Crippen LogP contribution in [0.15, 0.2) is 82.5 Å². The SMILES string of the molecule is CCOC(=O)C1=C(C(=O)OCC)C(C#N)(C#N)C(c2ccccc2)=C1N=Cc1ccccc1. The lowest BCUT2D eigenvalue weighted by Crippen LogP contribution is -2.27. The molecule has 0 fully saturated rings. The van der Waals surface area contributed by atoms with Crippen LogP contribution in [0.25, 0.3) is 5.57 Å². The maximum absolute atomic E-state index is 13.1. The van der Waals surface area contributed by atoms with Gasteiger partial charge in [-0.25, -0.2) is 9.59 Å². The van der Waals surface area contributed by atoms with Gasteiger partial charge in [0.25, 0.3) is 0 Å². The molecule has 0 saturated carbocycles. The van der Waals surface area contributed by atoms with E-state index in [1.54, 1.807) is 44.2 Å². The molecule has 0 unspecified atom stereocenters. The van der Waals surface area contributed by atoms with Crippen LogP contribution in [0.2, 0.25) is 0 Å². The highest BCUT2D eigenvalue weighted by atomic mass is 16.5. The van der Waals surface area contributed by atoms with Gasteiger partial charge in [0.15, 0.2) is 0 Å². The van der Waals surface area contributed by atoms with Gasteiger partial charge in [0, 0.05) is 11.8 Å². The molecule has 0 amide bonds. The Labute approximate surface area is 191 Å². The number of esters is 2. The molecule has 3 rings (SSSR count). The average molecular weight is 439 g/mol. The number of hydrogen-bond acceptors (Lipinski definition) is 7. The second-order valence-corrected chi connectivity index (χ2v) is 6.92. The minimum atomic E-state index is -2.11. The van der Waals surface area contributed by atoms with Crippen molar-refractivity contribution in [1.82, 2.24) is 0 Å². The molecule has 0 radical (unpaired) electrons. The highest BCUT2D eigenvalue weighted by Gasteiger charge is 2.54. The summed E-state index contributed by atoms with van der Waals surface area (Å²) in [6.45, 7) is 3.24. The maximum atomic E-state index is 13.1. The van der Waals surface area contributed by atoms with Gasteiger partial charge in [-0.1, -0.05) is 60.7 Å². The van der Waals surface area contributed by atoms with Gasteiger partial charge in [0.1, 0.15) is 0 Å². The number of aliphatic imine (C=N–C) groups is 1. The first-order valence-electron chi connectivity index (χ1n) is 10.3. The number of hydrogen-bond donors (Lipinski definition) is 0. The smallest absolute Gasteiger partial charge is 0.341 e. The second-order valence-electron chi connectivity index (χ2n) is 6.92. The Kier molecular flexibility index (Phi) is 7.17. The number of ether oxygens (including phenoxy) is 2. The summed E-state index contributed by atoms with van der Waals surface area (Å²) in [6.07, 6.45) is 1.51. The summed E-state index contributed by atoms with van der Waals surface area (Å²) in [5.41, 5.74) is -1.39. The Bertz CT molecular complexity index is 1220. The predicted molar refractivity (Wildman–Crippen MR) is 121 cm³/mol. The van der Waals surface area contributed by atoms with E-state index >= 15 is 0 Å². The van der Waals surface area contributed by atoms with Crippen LogP contribution in [0.5, 0.6) is 0 Å². The van der Waals surface area contributed by atoms with E-state index in [1.165, 1.54) is 6.21 Å². The number of allylic oxidation sites excluding steroid dienone is 1. The fourth-order valence-corrected chi connectivity index (χ4v) is 3.61. The fraction of sp³-hybridized carbons (Fsp3) is 0.192. The summed E-state index contributed by atoms with van der Waals surface area (Å²) in [4.78, 5) is 30.6. The molecule has 0 spiro atoms. The van der Waals surface area contributed by atoms with E-state index in [9.17, 15) is 20.1 Å². The fourth-order valence-electron chi connectivity index (χ4n) is 3.61. The highest BCUT2D eigenvalue weighted by Crippen LogP contribution is 2.52. The number of benzene rings is 2. The number of carbonyl (C=O) groups excluding carboxylic acids is 2. The molecule has 0 atom stereocenters. The zero-order valence-corrected chi connectivity index (χ0v) is 18.2. The van der Waals surface area contributed by atoms with Crippen molar-refractivity contribution in [1.29, 1.82) is 10.5 Å². The normalized spacial score (nSPS) is 14.7. The lowest BCUT2D eigenvalue weighted by molar-refractivity contribution is -0.141. The van der Waals surface area contributed by atoms with Crippen LogP contribution < -0.4 is 0 Å². The van der Waals surface area contributed by atoms with Gasteiger partial charge in [-0.3, -0.25) is 4.99 Å². The van der Waals surface area contributed by atoms with Gasteiger partial charge >= 0.3 is 11.9 Å². The quantitative estimate of drug-likeness (QED) is 0.476. The van der Waals surface area contributed by atoms with Crippen molar-refractivity contribution >= 4 is 23.7 Å².